The molecule has 9 heteroatoms. The average molecular weight is 438 g/mol. The minimum absolute atomic E-state index is 0.112. The van der Waals surface area contributed by atoms with Gasteiger partial charge in [0.1, 0.15) is 6.54 Å². The molecule has 0 fully saturated rings. The molecule has 0 aliphatic heterocycles. The number of hydrogen-bond donors (Lipinski definition) is 0. The van der Waals surface area contributed by atoms with Crippen LogP contribution in [0.5, 0.6) is 0 Å². The number of rotatable bonds is 8. The van der Waals surface area contributed by atoms with E-state index in [0.717, 1.165) is 0 Å². The predicted molar refractivity (Wildman–Crippen MR) is 111 cm³/mol. The molecular formula is C22H18N2O6S. The summed E-state index contributed by atoms with van der Waals surface area (Å²) in [5, 5.41) is 8.99. The first-order valence-corrected chi connectivity index (χ1v) is 10.8. The summed E-state index contributed by atoms with van der Waals surface area (Å²) in [5.41, 5.74) is 0.607. The van der Waals surface area contributed by atoms with E-state index in [1.807, 2.05) is 6.07 Å². The van der Waals surface area contributed by atoms with Gasteiger partial charge in [-0.15, -0.1) is 0 Å². The molecule has 0 unspecified atom stereocenters. The molecule has 0 N–H and O–H groups in total. The highest BCUT2D eigenvalue weighted by Crippen LogP contribution is 2.21. The Morgan fingerprint density at radius 1 is 1.00 bits per heavy atom. The number of amides is 1. The van der Waals surface area contributed by atoms with Crippen molar-refractivity contribution < 1.29 is 27.2 Å². The van der Waals surface area contributed by atoms with Crippen molar-refractivity contribution in [3.63, 3.8) is 0 Å². The number of hydrogen-bond acceptors (Lipinski definition) is 7. The quantitative estimate of drug-likeness (QED) is 0.392. The average Bonchev–Trinajstić information content (AvgIpc) is 3.24. The Morgan fingerprint density at radius 2 is 1.65 bits per heavy atom. The third kappa shape index (κ3) is 5.38. The van der Waals surface area contributed by atoms with Crippen LogP contribution in [0.3, 0.4) is 0 Å². The van der Waals surface area contributed by atoms with Crippen LogP contribution in [0.2, 0.25) is 0 Å². The first kappa shape index (κ1) is 21.8. The maximum absolute atomic E-state index is 12.6. The topological polar surface area (TPSA) is 118 Å². The number of carbonyl (C=O) groups is 2. The summed E-state index contributed by atoms with van der Waals surface area (Å²) in [6.07, 6.45) is 1.18. The van der Waals surface area contributed by atoms with Crippen LogP contribution in [0.25, 0.3) is 0 Å². The normalized spacial score (nSPS) is 10.8. The van der Waals surface area contributed by atoms with Crippen LogP contribution in [-0.4, -0.2) is 33.4 Å². The number of nitrogens with zero attached hydrogens (tertiary/aromatic N) is 2. The van der Waals surface area contributed by atoms with Gasteiger partial charge in [0.2, 0.25) is 5.76 Å². The highest BCUT2D eigenvalue weighted by molar-refractivity contribution is 7.90. The molecule has 158 valence electrons. The van der Waals surface area contributed by atoms with Crippen LogP contribution in [0.4, 0.5) is 5.69 Å². The second-order valence-electron chi connectivity index (χ2n) is 6.40. The summed E-state index contributed by atoms with van der Waals surface area (Å²) in [6, 6.07) is 19.6. The summed E-state index contributed by atoms with van der Waals surface area (Å²) >= 11 is 0. The lowest BCUT2D eigenvalue weighted by atomic mass is 10.3. The molecule has 0 saturated heterocycles. The van der Waals surface area contributed by atoms with E-state index in [1.54, 1.807) is 48.5 Å². The lowest BCUT2D eigenvalue weighted by Gasteiger charge is -2.19. The fourth-order valence-electron chi connectivity index (χ4n) is 2.82. The van der Waals surface area contributed by atoms with Crippen LogP contribution in [-0.2, 0) is 25.1 Å². The van der Waals surface area contributed by atoms with Gasteiger partial charge in [-0.25, -0.2) is 13.2 Å². The predicted octanol–water partition coefficient (Wildman–Crippen LogP) is 2.97. The molecule has 0 atom stereocenters. The number of furan rings is 1. The van der Waals surface area contributed by atoms with E-state index in [2.05, 4.69) is 0 Å². The van der Waals surface area contributed by atoms with Crippen LogP contribution < -0.4 is 4.90 Å². The highest BCUT2D eigenvalue weighted by atomic mass is 32.2. The van der Waals surface area contributed by atoms with Crippen molar-refractivity contribution in [1.29, 1.82) is 5.26 Å². The summed E-state index contributed by atoms with van der Waals surface area (Å²) in [6.45, 7) is -0.858. The summed E-state index contributed by atoms with van der Waals surface area (Å²) in [5.74, 6) is -2.33. The third-order valence-corrected chi connectivity index (χ3v) is 5.99. The van der Waals surface area contributed by atoms with Gasteiger partial charge in [-0.2, -0.15) is 5.26 Å². The Hall–Kier alpha value is -3.90. The monoisotopic (exact) mass is 438 g/mol. The Balaban J connectivity index is 1.69. The number of benzene rings is 2. The molecule has 1 aromatic heterocycles. The Bertz CT molecular complexity index is 1200. The van der Waals surface area contributed by atoms with Crippen molar-refractivity contribution in [1.82, 2.24) is 0 Å². The molecule has 0 radical (unpaired) electrons. The number of ether oxygens (including phenoxy) is 1. The van der Waals surface area contributed by atoms with Crippen LogP contribution in [0.15, 0.2) is 82.3 Å². The van der Waals surface area contributed by atoms with E-state index in [1.165, 1.54) is 29.4 Å². The minimum atomic E-state index is -3.71. The fraction of sp³-hybridized carbons (Fsp3) is 0.136. The Labute approximate surface area is 179 Å². The van der Waals surface area contributed by atoms with Crippen molar-refractivity contribution >= 4 is 27.4 Å². The molecule has 31 heavy (non-hydrogen) atoms. The Morgan fingerprint density at radius 3 is 2.29 bits per heavy atom. The zero-order valence-corrected chi connectivity index (χ0v) is 17.1. The number of anilines is 1. The maximum Gasteiger partial charge on any atom is 0.375 e. The van der Waals surface area contributed by atoms with E-state index in [-0.39, 0.29) is 22.8 Å². The van der Waals surface area contributed by atoms with Crippen molar-refractivity contribution in [2.24, 2.45) is 0 Å². The van der Waals surface area contributed by atoms with Gasteiger partial charge in [0.15, 0.2) is 16.4 Å². The number of esters is 1. The number of nitriles is 1. The van der Waals surface area contributed by atoms with E-state index in [9.17, 15) is 18.0 Å². The molecule has 0 aliphatic carbocycles. The van der Waals surface area contributed by atoms with Gasteiger partial charge in [0.25, 0.3) is 5.91 Å². The van der Waals surface area contributed by atoms with Crippen LogP contribution >= 0.6 is 0 Å². The molecule has 0 bridgehead atoms. The van der Waals surface area contributed by atoms with Crippen LogP contribution in [0, 0.1) is 11.3 Å². The lowest BCUT2D eigenvalue weighted by Crippen LogP contribution is -2.35. The summed E-state index contributed by atoms with van der Waals surface area (Å²) in [7, 11) is -3.71. The minimum Gasteiger partial charge on any atom is -0.457 e. The third-order valence-electron chi connectivity index (χ3n) is 4.30. The molecule has 0 spiro atoms. The lowest BCUT2D eigenvalue weighted by molar-refractivity contribution is -0.121. The summed E-state index contributed by atoms with van der Waals surface area (Å²) in [4.78, 5) is 26.2. The smallest absolute Gasteiger partial charge is 0.375 e. The van der Waals surface area contributed by atoms with E-state index < -0.39 is 34.1 Å². The second-order valence-corrected chi connectivity index (χ2v) is 8.39. The fourth-order valence-corrected chi connectivity index (χ4v) is 4.19. The molecule has 2 aromatic carbocycles. The van der Waals surface area contributed by atoms with Crippen molar-refractivity contribution in [3.05, 3.63) is 84.3 Å². The first-order chi connectivity index (χ1) is 14.9. The molecule has 0 saturated carbocycles. The van der Waals surface area contributed by atoms with Gasteiger partial charge in [-0.05, 0) is 30.3 Å². The molecule has 1 heterocycles. The van der Waals surface area contributed by atoms with Gasteiger partial charge in [-0.3, -0.25) is 9.69 Å². The van der Waals surface area contributed by atoms with Crippen molar-refractivity contribution in [3.8, 4) is 6.07 Å². The maximum atomic E-state index is 12.6. The zero-order valence-electron chi connectivity index (χ0n) is 16.3. The van der Waals surface area contributed by atoms with Gasteiger partial charge in [0, 0.05) is 11.3 Å². The standard InChI is InChI=1S/C22H18N2O6S/c23-12-13-24(18-7-3-1-4-8-18)20(25)15-30-22(26)21-17(11-14-29-21)16-31(27,28)19-9-5-2-6-10-19/h1-11,14H,13,15-16H2. The van der Waals surface area contributed by atoms with Gasteiger partial charge < -0.3 is 9.15 Å². The second kappa shape index (κ2) is 9.73. The largest absolute Gasteiger partial charge is 0.457 e. The van der Waals surface area contributed by atoms with Crippen molar-refractivity contribution in [2.45, 2.75) is 10.6 Å². The van der Waals surface area contributed by atoms with Gasteiger partial charge >= 0.3 is 5.97 Å². The Kier molecular flexibility index (Phi) is 6.85. The van der Waals surface area contributed by atoms with E-state index in [0.29, 0.717) is 5.69 Å². The van der Waals surface area contributed by atoms with Gasteiger partial charge in [-0.1, -0.05) is 36.4 Å². The zero-order chi connectivity index (χ0) is 22.3. The molecular weight excluding hydrogens is 420 g/mol. The van der Waals surface area contributed by atoms with E-state index in [4.69, 9.17) is 14.4 Å². The SMILES string of the molecule is N#CCN(C(=O)COC(=O)c1occc1CS(=O)(=O)c1ccccc1)c1ccccc1. The van der Waals surface area contributed by atoms with Gasteiger partial charge in [0.05, 0.1) is 23.0 Å². The number of para-hydroxylation sites is 1. The van der Waals surface area contributed by atoms with E-state index >= 15 is 0 Å². The number of carbonyl (C=O) groups excluding carboxylic acids is 2. The number of sulfone groups is 1. The molecule has 0 aliphatic rings. The highest BCUT2D eigenvalue weighted by Gasteiger charge is 2.25. The van der Waals surface area contributed by atoms with Crippen molar-refractivity contribution in [2.75, 3.05) is 18.1 Å². The molecule has 3 aromatic rings. The first-order valence-electron chi connectivity index (χ1n) is 9.16. The van der Waals surface area contributed by atoms with Crippen LogP contribution in [0.1, 0.15) is 16.1 Å². The molecule has 1 amide bonds. The molecule has 3 rings (SSSR count). The molecule has 8 nitrogen and oxygen atoms in total. The summed E-state index contributed by atoms with van der Waals surface area (Å²) < 4.78 is 35.3.